The molecule has 0 spiro atoms. The molecule has 5 nitrogen and oxygen atoms in total. The number of rotatable bonds is 5. The van der Waals surface area contributed by atoms with Crippen molar-refractivity contribution in [2.45, 2.75) is 26.4 Å². The summed E-state index contributed by atoms with van der Waals surface area (Å²) in [5, 5.41) is 2.36. The molecular formula is C10H19ClN2O3. The van der Waals surface area contributed by atoms with Gasteiger partial charge in [0.1, 0.15) is 5.60 Å². The molecule has 0 bridgehead atoms. The Balaban J connectivity index is 3.76. The van der Waals surface area contributed by atoms with Crippen molar-refractivity contribution >= 4 is 22.9 Å². The highest BCUT2D eigenvalue weighted by Gasteiger charge is 2.18. The van der Waals surface area contributed by atoms with Crippen LogP contribution in [0.2, 0.25) is 0 Å². The van der Waals surface area contributed by atoms with Gasteiger partial charge in [0.25, 0.3) is 0 Å². The summed E-state index contributed by atoms with van der Waals surface area (Å²) in [7, 11) is 1.64. The second-order valence-corrected chi connectivity index (χ2v) is 4.86. The van der Waals surface area contributed by atoms with Gasteiger partial charge in [0.2, 0.25) is 5.24 Å². The summed E-state index contributed by atoms with van der Waals surface area (Å²) >= 11 is 5.14. The molecule has 0 heterocycles. The number of nitrogens with zero attached hydrogens (tertiary/aromatic N) is 1. The first-order valence-electron chi connectivity index (χ1n) is 5.05. The molecule has 0 saturated carbocycles. The fourth-order valence-corrected chi connectivity index (χ4v) is 0.959. The highest BCUT2D eigenvalue weighted by Crippen LogP contribution is 2.08. The predicted molar refractivity (Wildman–Crippen MR) is 62.6 cm³/mol. The molecule has 1 N–H and O–H groups in total. The average molecular weight is 251 g/mol. The maximum atomic E-state index is 11.5. The minimum atomic E-state index is -0.495. The molecule has 94 valence electrons. The number of amides is 1. The van der Waals surface area contributed by atoms with E-state index in [9.17, 15) is 9.59 Å². The summed E-state index contributed by atoms with van der Waals surface area (Å²) < 4.78 is 5.14. The SMILES string of the molecule is CN(CCNCC(=O)Cl)C(=O)OC(C)(C)C. The van der Waals surface area contributed by atoms with E-state index >= 15 is 0 Å². The molecular weight excluding hydrogens is 232 g/mol. The zero-order valence-electron chi connectivity index (χ0n) is 10.2. The van der Waals surface area contributed by atoms with Gasteiger partial charge in [0.15, 0.2) is 0 Å². The fraction of sp³-hybridized carbons (Fsp3) is 0.800. The molecule has 0 atom stereocenters. The van der Waals surface area contributed by atoms with E-state index in [-0.39, 0.29) is 12.6 Å². The first-order valence-corrected chi connectivity index (χ1v) is 5.43. The number of hydrogen-bond donors (Lipinski definition) is 1. The third-order valence-electron chi connectivity index (χ3n) is 1.59. The van der Waals surface area contributed by atoms with Crippen molar-refractivity contribution in [3.8, 4) is 0 Å². The Labute approximate surface area is 101 Å². The van der Waals surface area contributed by atoms with Crippen LogP contribution in [0.4, 0.5) is 4.79 Å². The van der Waals surface area contributed by atoms with E-state index in [0.29, 0.717) is 13.1 Å². The number of likely N-dealkylation sites (N-methyl/N-ethyl adjacent to an activating group) is 1. The van der Waals surface area contributed by atoms with Crippen LogP contribution in [0.1, 0.15) is 20.8 Å². The molecule has 0 aliphatic rings. The summed E-state index contributed by atoms with van der Waals surface area (Å²) in [6.07, 6.45) is -0.383. The summed E-state index contributed by atoms with van der Waals surface area (Å²) in [5.41, 5.74) is -0.495. The van der Waals surface area contributed by atoms with Crippen LogP contribution in [0, 0.1) is 0 Å². The van der Waals surface area contributed by atoms with E-state index in [2.05, 4.69) is 5.32 Å². The Bertz CT molecular complexity index is 251. The van der Waals surface area contributed by atoms with Crippen molar-refractivity contribution in [3.63, 3.8) is 0 Å². The summed E-state index contributed by atoms with van der Waals surface area (Å²) in [6.45, 7) is 6.48. The van der Waals surface area contributed by atoms with Gasteiger partial charge in [0.05, 0.1) is 6.54 Å². The number of hydrogen-bond acceptors (Lipinski definition) is 4. The molecule has 0 saturated heterocycles. The van der Waals surface area contributed by atoms with E-state index in [1.54, 1.807) is 7.05 Å². The molecule has 6 heteroatoms. The van der Waals surface area contributed by atoms with E-state index in [1.807, 2.05) is 20.8 Å². The van der Waals surface area contributed by atoms with Crippen LogP contribution in [0.25, 0.3) is 0 Å². The second-order valence-electron chi connectivity index (χ2n) is 4.43. The van der Waals surface area contributed by atoms with E-state index in [0.717, 1.165) is 0 Å². The minimum absolute atomic E-state index is 0.101. The van der Waals surface area contributed by atoms with Gasteiger partial charge in [-0.05, 0) is 32.4 Å². The normalized spacial score (nSPS) is 11.1. The van der Waals surface area contributed by atoms with Crippen LogP contribution in [0.15, 0.2) is 0 Å². The highest BCUT2D eigenvalue weighted by atomic mass is 35.5. The van der Waals surface area contributed by atoms with Crippen LogP contribution < -0.4 is 5.32 Å². The number of carbonyl (C=O) groups is 2. The van der Waals surface area contributed by atoms with E-state index in [1.165, 1.54) is 4.90 Å². The second kappa shape index (κ2) is 6.70. The van der Waals surface area contributed by atoms with Gasteiger partial charge >= 0.3 is 6.09 Å². The largest absolute Gasteiger partial charge is 0.444 e. The van der Waals surface area contributed by atoms with Gasteiger partial charge in [-0.15, -0.1) is 0 Å². The molecule has 16 heavy (non-hydrogen) atoms. The van der Waals surface area contributed by atoms with Gasteiger partial charge in [0, 0.05) is 20.1 Å². The van der Waals surface area contributed by atoms with Gasteiger partial charge in [-0.2, -0.15) is 0 Å². The third-order valence-corrected chi connectivity index (χ3v) is 1.73. The molecule has 0 unspecified atom stereocenters. The standard InChI is InChI=1S/C10H19ClN2O3/c1-10(2,3)16-9(15)13(4)6-5-12-7-8(11)14/h12H,5-7H2,1-4H3. The number of ether oxygens (including phenoxy) is 1. The van der Waals surface area contributed by atoms with Gasteiger partial charge < -0.3 is 15.0 Å². The lowest BCUT2D eigenvalue weighted by Crippen LogP contribution is -2.38. The first kappa shape index (κ1) is 15.2. The van der Waals surface area contributed by atoms with Crippen molar-refractivity contribution in [2.24, 2.45) is 0 Å². The number of halogens is 1. The van der Waals surface area contributed by atoms with Crippen molar-refractivity contribution in [3.05, 3.63) is 0 Å². The maximum absolute atomic E-state index is 11.5. The Morgan fingerprint density at radius 1 is 1.38 bits per heavy atom. The summed E-state index contributed by atoms with van der Waals surface area (Å²) in [6, 6.07) is 0. The average Bonchev–Trinajstić information content (AvgIpc) is 2.08. The quantitative estimate of drug-likeness (QED) is 0.589. The van der Waals surface area contributed by atoms with Gasteiger partial charge in [-0.3, -0.25) is 4.79 Å². The molecule has 0 aromatic rings. The molecule has 0 aliphatic carbocycles. The Morgan fingerprint density at radius 2 is 1.94 bits per heavy atom. The monoisotopic (exact) mass is 250 g/mol. The zero-order chi connectivity index (χ0) is 12.8. The molecule has 0 aromatic heterocycles. The lowest BCUT2D eigenvalue weighted by molar-refractivity contribution is -0.110. The molecule has 0 radical (unpaired) electrons. The van der Waals surface area contributed by atoms with Crippen molar-refractivity contribution in [1.82, 2.24) is 10.2 Å². The highest BCUT2D eigenvalue weighted by molar-refractivity contribution is 6.64. The molecule has 0 fully saturated rings. The van der Waals surface area contributed by atoms with Crippen molar-refractivity contribution < 1.29 is 14.3 Å². The molecule has 0 aromatic carbocycles. The number of carbonyl (C=O) groups excluding carboxylic acids is 2. The van der Waals surface area contributed by atoms with E-state index in [4.69, 9.17) is 16.3 Å². The van der Waals surface area contributed by atoms with Crippen molar-refractivity contribution in [1.29, 1.82) is 0 Å². The Hall–Kier alpha value is -0.810. The van der Waals surface area contributed by atoms with Crippen LogP contribution >= 0.6 is 11.6 Å². The minimum Gasteiger partial charge on any atom is -0.444 e. The van der Waals surface area contributed by atoms with Crippen LogP contribution in [-0.2, 0) is 9.53 Å². The number of nitrogens with one attached hydrogen (secondary N) is 1. The fourth-order valence-electron chi connectivity index (χ4n) is 0.865. The van der Waals surface area contributed by atoms with E-state index < -0.39 is 10.8 Å². The van der Waals surface area contributed by atoms with Crippen LogP contribution in [-0.4, -0.2) is 48.5 Å². The molecule has 0 aliphatic heterocycles. The van der Waals surface area contributed by atoms with Crippen LogP contribution in [0.5, 0.6) is 0 Å². The zero-order valence-corrected chi connectivity index (χ0v) is 10.9. The maximum Gasteiger partial charge on any atom is 0.410 e. The molecule has 0 rings (SSSR count). The van der Waals surface area contributed by atoms with Gasteiger partial charge in [-0.1, -0.05) is 0 Å². The van der Waals surface area contributed by atoms with Gasteiger partial charge in [-0.25, -0.2) is 4.79 Å². The molecule has 1 amide bonds. The lowest BCUT2D eigenvalue weighted by Gasteiger charge is -2.24. The smallest absolute Gasteiger partial charge is 0.410 e. The lowest BCUT2D eigenvalue weighted by atomic mass is 10.2. The van der Waals surface area contributed by atoms with Crippen LogP contribution in [0.3, 0.4) is 0 Å². The first-order chi connectivity index (χ1) is 7.22. The topological polar surface area (TPSA) is 58.6 Å². The Kier molecular flexibility index (Phi) is 6.36. The van der Waals surface area contributed by atoms with Crippen molar-refractivity contribution in [2.75, 3.05) is 26.7 Å². The summed E-state index contributed by atoms with van der Waals surface area (Å²) in [4.78, 5) is 23.3. The third kappa shape index (κ3) is 8.49. The predicted octanol–water partition coefficient (Wildman–Crippen LogP) is 1.21. The Morgan fingerprint density at radius 3 is 2.38 bits per heavy atom. The summed E-state index contributed by atoms with van der Waals surface area (Å²) in [5.74, 6) is 0.